The molecule has 1 N–H and O–H groups in total. The van der Waals surface area contributed by atoms with Crippen molar-refractivity contribution in [2.45, 2.75) is 13.5 Å². The zero-order valence-corrected chi connectivity index (χ0v) is 11.5. The highest BCUT2D eigenvalue weighted by Gasteiger charge is 2.23. The highest BCUT2D eigenvalue weighted by Crippen LogP contribution is 2.29. The van der Waals surface area contributed by atoms with Gasteiger partial charge >= 0.3 is 5.69 Å². The van der Waals surface area contributed by atoms with Crippen molar-refractivity contribution >= 4 is 11.6 Å². The number of benzene rings is 1. The Labute approximate surface area is 120 Å². The van der Waals surface area contributed by atoms with Gasteiger partial charge in [-0.2, -0.15) is 4.98 Å². The van der Waals surface area contributed by atoms with E-state index in [2.05, 4.69) is 15.3 Å². The maximum absolute atomic E-state index is 13.5. The van der Waals surface area contributed by atoms with Gasteiger partial charge in [0, 0.05) is 12.6 Å². The Kier molecular flexibility index (Phi) is 4.27. The molecule has 0 aliphatic carbocycles. The normalized spacial score (nSPS) is 10.2. The molecule has 0 saturated heterocycles. The first-order chi connectivity index (χ1) is 10.0. The lowest BCUT2D eigenvalue weighted by atomic mass is 10.2. The van der Waals surface area contributed by atoms with E-state index in [4.69, 9.17) is 4.74 Å². The fraction of sp³-hybridized carbons (Fsp3) is 0.231. The molecule has 0 unspecified atom stereocenters. The zero-order valence-electron chi connectivity index (χ0n) is 11.5. The van der Waals surface area contributed by atoms with Crippen molar-refractivity contribution in [2.75, 3.05) is 12.4 Å². The van der Waals surface area contributed by atoms with Crippen molar-refractivity contribution in [2.24, 2.45) is 0 Å². The first-order valence-electron chi connectivity index (χ1n) is 6.10. The number of nitro groups is 1. The Morgan fingerprint density at radius 1 is 1.38 bits per heavy atom. The molecule has 0 atom stereocenters. The number of aromatic nitrogens is 2. The molecule has 1 heterocycles. The van der Waals surface area contributed by atoms with Crippen LogP contribution in [0, 0.1) is 22.9 Å². The third kappa shape index (κ3) is 3.22. The molecule has 0 bridgehead atoms. The molecule has 7 nitrogen and oxygen atoms in total. The standard InChI is InChI=1S/C13H13FN4O3/c1-8-11(18(19)20)12(17-13(15-2)16-8)21-7-9-5-3-4-6-10(9)14/h3-6H,7H2,1-2H3,(H,15,16,17). The van der Waals surface area contributed by atoms with Crippen molar-refractivity contribution in [3.8, 4) is 5.88 Å². The van der Waals surface area contributed by atoms with Crippen molar-refractivity contribution in [3.63, 3.8) is 0 Å². The fourth-order valence-electron chi connectivity index (χ4n) is 1.72. The molecule has 2 aromatic rings. The number of anilines is 1. The Morgan fingerprint density at radius 2 is 2.10 bits per heavy atom. The number of aryl methyl sites for hydroxylation is 1. The number of hydrogen-bond donors (Lipinski definition) is 1. The molecular formula is C13H13FN4O3. The molecular weight excluding hydrogens is 279 g/mol. The number of nitrogens with one attached hydrogen (secondary N) is 1. The van der Waals surface area contributed by atoms with Gasteiger partial charge in [0.1, 0.15) is 18.1 Å². The largest absolute Gasteiger partial charge is 0.468 e. The van der Waals surface area contributed by atoms with Gasteiger partial charge in [-0.1, -0.05) is 18.2 Å². The second kappa shape index (κ2) is 6.12. The maximum atomic E-state index is 13.5. The molecule has 2 rings (SSSR count). The van der Waals surface area contributed by atoms with Crippen LogP contribution >= 0.6 is 0 Å². The minimum absolute atomic E-state index is 0.160. The van der Waals surface area contributed by atoms with Crippen LogP contribution in [0.25, 0.3) is 0 Å². The first kappa shape index (κ1) is 14.6. The first-order valence-corrected chi connectivity index (χ1v) is 6.10. The molecule has 8 heteroatoms. The van der Waals surface area contributed by atoms with Gasteiger partial charge in [-0.05, 0) is 13.0 Å². The van der Waals surface area contributed by atoms with E-state index in [0.717, 1.165) is 0 Å². The van der Waals surface area contributed by atoms with Crippen LogP contribution in [0.15, 0.2) is 24.3 Å². The molecule has 1 aromatic carbocycles. The number of halogens is 1. The Balaban J connectivity index is 2.32. The van der Waals surface area contributed by atoms with Crippen LogP contribution in [0.2, 0.25) is 0 Å². The van der Waals surface area contributed by atoms with Gasteiger partial charge in [0.15, 0.2) is 0 Å². The lowest BCUT2D eigenvalue weighted by Gasteiger charge is -2.09. The summed E-state index contributed by atoms with van der Waals surface area (Å²) in [5.41, 5.74) is 0.127. The summed E-state index contributed by atoms with van der Waals surface area (Å²) in [6.07, 6.45) is 0. The summed E-state index contributed by atoms with van der Waals surface area (Å²) >= 11 is 0. The Bertz CT molecular complexity index is 678. The Hall–Kier alpha value is -2.77. The summed E-state index contributed by atoms with van der Waals surface area (Å²) in [4.78, 5) is 18.3. The van der Waals surface area contributed by atoms with Gasteiger partial charge in [-0.25, -0.2) is 9.37 Å². The summed E-state index contributed by atoms with van der Waals surface area (Å²) < 4.78 is 18.8. The summed E-state index contributed by atoms with van der Waals surface area (Å²) in [6, 6.07) is 6.03. The maximum Gasteiger partial charge on any atom is 0.352 e. The number of ether oxygens (including phenoxy) is 1. The van der Waals surface area contributed by atoms with Gasteiger partial charge < -0.3 is 10.1 Å². The van der Waals surface area contributed by atoms with E-state index >= 15 is 0 Å². The van der Waals surface area contributed by atoms with Crippen LogP contribution in [-0.2, 0) is 6.61 Å². The van der Waals surface area contributed by atoms with Crippen molar-refractivity contribution < 1.29 is 14.1 Å². The highest BCUT2D eigenvalue weighted by atomic mass is 19.1. The van der Waals surface area contributed by atoms with Crippen LogP contribution in [-0.4, -0.2) is 21.9 Å². The van der Waals surface area contributed by atoms with Gasteiger partial charge in [-0.15, -0.1) is 0 Å². The molecule has 0 radical (unpaired) electrons. The number of rotatable bonds is 5. The summed E-state index contributed by atoms with van der Waals surface area (Å²) in [5.74, 6) is -0.443. The molecule has 0 saturated carbocycles. The SMILES string of the molecule is CNc1nc(C)c([N+](=O)[O-])c(OCc2ccccc2F)n1. The number of nitrogens with zero attached hydrogens (tertiary/aromatic N) is 3. The minimum atomic E-state index is -0.620. The van der Waals surface area contributed by atoms with Crippen LogP contribution in [0.3, 0.4) is 0 Å². The summed E-state index contributed by atoms with van der Waals surface area (Å²) in [5, 5.41) is 13.8. The predicted octanol–water partition coefficient (Wildman–Crippen LogP) is 2.45. The highest BCUT2D eigenvalue weighted by molar-refractivity contribution is 5.48. The average molecular weight is 292 g/mol. The van der Waals surface area contributed by atoms with Crippen molar-refractivity contribution in [1.29, 1.82) is 0 Å². The average Bonchev–Trinajstić information content (AvgIpc) is 2.45. The van der Waals surface area contributed by atoms with Gasteiger partial charge in [-0.3, -0.25) is 10.1 Å². The van der Waals surface area contributed by atoms with Crippen LogP contribution < -0.4 is 10.1 Å². The van der Waals surface area contributed by atoms with Crippen LogP contribution in [0.5, 0.6) is 5.88 Å². The minimum Gasteiger partial charge on any atom is -0.468 e. The van der Waals surface area contributed by atoms with E-state index < -0.39 is 10.7 Å². The molecule has 21 heavy (non-hydrogen) atoms. The van der Waals surface area contributed by atoms with E-state index in [-0.39, 0.29) is 35.4 Å². The van der Waals surface area contributed by atoms with Crippen LogP contribution in [0.4, 0.5) is 16.0 Å². The second-order valence-electron chi connectivity index (χ2n) is 4.17. The lowest BCUT2D eigenvalue weighted by Crippen LogP contribution is -2.08. The number of hydrogen-bond acceptors (Lipinski definition) is 6. The van der Waals surface area contributed by atoms with E-state index in [1.54, 1.807) is 19.2 Å². The topological polar surface area (TPSA) is 90.2 Å². The van der Waals surface area contributed by atoms with Crippen molar-refractivity contribution in [3.05, 3.63) is 51.5 Å². The predicted molar refractivity (Wildman–Crippen MR) is 73.7 cm³/mol. The van der Waals surface area contributed by atoms with Crippen LogP contribution in [0.1, 0.15) is 11.3 Å². The quantitative estimate of drug-likeness (QED) is 0.672. The summed E-state index contributed by atoms with van der Waals surface area (Å²) in [7, 11) is 1.58. The third-order valence-corrected chi connectivity index (χ3v) is 2.75. The molecule has 110 valence electrons. The molecule has 0 aliphatic rings. The molecule has 0 amide bonds. The molecule has 0 fully saturated rings. The zero-order chi connectivity index (χ0) is 15.4. The summed E-state index contributed by atoms with van der Waals surface area (Å²) in [6.45, 7) is 1.32. The molecule has 0 aliphatic heterocycles. The van der Waals surface area contributed by atoms with E-state index in [0.29, 0.717) is 0 Å². The monoisotopic (exact) mass is 292 g/mol. The van der Waals surface area contributed by atoms with Gasteiger partial charge in [0.05, 0.1) is 4.92 Å². The van der Waals surface area contributed by atoms with E-state index in [9.17, 15) is 14.5 Å². The van der Waals surface area contributed by atoms with Crippen molar-refractivity contribution in [1.82, 2.24) is 9.97 Å². The van der Waals surface area contributed by atoms with E-state index in [1.807, 2.05) is 0 Å². The smallest absolute Gasteiger partial charge is 0.352 e. The van der Waals surface area contributed by atoms with E-state index in [1.165, 1.54) is 19.1 Å². The Morgan fingerprint density at radius 3 is 2.71 bits per heavy atom. The lowest BCUT2D eigenvalue weighted by molar-refractivity contribution is -0.387. The second-order valence-corrected chi connectivity index (χ2v) is 4.17. The fourth-order valence-corrected chi connectivity index (χ4v) is 1.72. The molecule has 0 spiro atoms. The van der Waals surface area contributed by atoms with Gasteiger partial charge in [0.2, 0.25) is 5.95 Å². The van der Waals surface area contributed by atoms with Gasteiger partial charge in [0.25, 0.3) is 5.88 Å². The third-order valence-electron chi connectivity index (χ3n) is 2.75. The molecule has 1 aromatic heterocycles.